The van der Waals surface area contributed by atoms with Crippen LogP contribution in [0, 0.1) is 5.92 Å². The number of nitrogens with one attached hydrogen (secondary N) is 1. The van der Waals surface area contributed by atoms with E-state index in [0.717, 1.165) is 22.2 Å². The molecule has 0 atom stereocenters. The second-order valence-corrected chi connectivity index (χ2v) is 7.00. The third-order valence-electron chi connectivity index (χ3n) is 3.88. The number of fused-ring (bicyclic) bond motifs is 1. The van der Waals surface area contributed by atoms with Crippen molar-refractivity contribution in [3.05, 3.63) is 34.3 Å². The molecular weight excluding hydrogens is 336 g/mol. The van der Waals surface area contributed by atoms with Crippen LogP contribution in [-0.4, -0.2) is 17.0 Å². The number of nitrogens with zero attached hydrogens (tertiary/aromatic N) is 1. The van der Waals surface area contributed by atoms with Crippen molar-refractivity contribution in [3.8, 4) is 0 Å². The van der Waals surface area contributed by atoms with Gasteiger partial charge in [0.1, 0.15) is 5.69 Å². The predicted molar refractivity (Wildman–Crippen MR) is 87.4 cm³/mol. The lowest BCUT2D eigenvalue weighted by Gasteiger charge is -2.27. The average molecular weight is 353 g/mol. The highest BCUT2D eigenvalue weighted by molar-refractivity contribution is 9.10. The third kappa shape index (κ3) is 2.44. The van der Waals surface area contributed by atoms with Gasteiger partial charge in [0.15, 0.2) is 0 Å². The van der Waals surface area contributed by atoms with Crippen LogP contribution in [0.15, 0.2) is 28.6 Å². The fourth-order valence-electron chi connectivity index (χ4n) is 2.60. The van der Waals surface area contributed by atoms with Gasteiger partial charge in [0.2, 0.25) is 0 Å². The van der Waals surface area contributed by atoms with Crippen LogP contribution in [0.1, 0.15) is 29.8 Å². The van der Waals surface area contributed by atoms with E-state index >= 15 is 0 Å². The van der Waals surface area contributed by atoms with Crippen LogP contribution < -0.4 is 5.32 Å². The van der Waals surface area contributed by atoms with Gasteiger partial charge < -0.3 is 9.88 Å². The Morgan fingerprint density at radius 2 is 2.40 bits per heavy atom. The van der Waals surface area contributed by atoms with Crippen molar-refractivity contribution in [1.29, 1.82) is 0 Å². The molecule has 3 rings (SSSR count). The molecule has 1 amide bonds. The number of aromatic nitrogens is 1. The number of hydrogen-bond acceptors (Lipinski definition) is 2. The van der Waals surface area contributed by atoms with E-state index in [4.69, 9.17) is 0 Å². The van der Waals surface area contributed by atoms with Crippen LogP contribution in [-0.2, 0) is 6.54 Å². The van der Waals surface area contributed by atoms with E-state index in [1.165, 1.54) is 24.0 Å². The maximum absolute atomic E-state index is 12.3. The number of carbonyl (C=O) groups excluding carboxylic acids is 1. The Kier molecular flexibility index (Phi) is 3.98. The predicted octanol–water partition coefficient (Wildman–Crippen LogP) is 4.18. The molecule has 0 aliphatic heterocycles. The van der Waals surface area contributed by atoms with Crippen molar-refractivity contribution in [2.75, 3.05) is 6.54 Å². The van der Waals surface area contributed by atoms with E-state index in [2.05, 4.69) is 37.8 Å². The highest BCUT2D eigenvalue weighted by Crippen LogP contribution is 2.36. The van der Waals surface area contributed by atoms with Crippen LogP contribution in [0.2, 0.25) is 0 Å². The maximum atomic E-state index is 12.3. The van der Waals surface area contributed by atoms with E-state index in [1.54, 1.807) is 17.4 Å². The summed E-state index contributed by atoms with van der Waals surface area (Å²) in [6.07, 6.45) is 5.57. The molecule has 0 unspecified atom stereocenters. The lowest BCUT2D eigenvalue weighted by atomic mass is 9.85. The molecule has 20 heavy (non-hydrogen) atoms. The fraction of sp³-hybridized carbons (Fsp3) is 0.400. The largest absolute Gasteiger partial charge is 0.347 e. The number of amides is 1. The molecule has 0 bridgehead atoms. The molecule has 5 heteroatoms. The van der Waals surface area contributed by atoms with Gasteiger partial charge >= 0.3 is 0 Å². The van der Waals surface area contributed by atoms with Crippen LogP contribution in [0.4, 0.5) is 0 Å². The Hall–Kier alpha value is -1.07. The average Bonchev–Trinajstić information content (AvgIpc) is 2.92. The van der Waals surface area contributed by atoms with E-state index in [9.17, 15) is 4.79 Å². The van der Waals surface area contributed by atoms with Crippen molar-refractivity contribution in [2.45, 2.75) is 25.8 Å². The quantitative estimate of drug-likeness (QED) is 0.804. The van der Waals surface area contributed by atoms with Crippen LogP contribution in [0.5, 0.6) is 0 Å². The highest BCUT2D eigenvalue weighted by atomic mass is 79.9. The van der Waals surface area contributed by atoms with Gasteiger partial charge in [0.25, 0.3) is 5.91 Å². The van der Waals surface area contributed by atoms with Gasteiger partial charge in [-0.3, -0.25) is 4.79 Å². The molecule has 1 aliphatic carbocycles. The molecule has 0 saturated heterocycles. The van der Waals surface area contributed by atoms with Crippen LogP contribution in [0.3, 0.4) is 0 Å². The Bertz CT molecular complexity index is 654. The summed E-state index contributed by atoms with van der Waals surface area (Å²) in [4.78, 5) is 12.3. The van der Waals surface area contributed by atoms with Gasteiger partial charge in [0.05, 0.1) is 14.7 Å². The van der Waals surface area contributed by atoms with Crippen LogP contribution in [0.25, 0.3) is 10.2 Å². The van der Waals surface area contributed by atoms with Crippen LogP contribution >= 0.6 is 27.3 Å². The van der Waals surface area contributed by atoms with Gasteiger partial charge in [-0.25, -0.2) is 0 Å². The summed E-state index contributed by atoms with van der Waals surface area (Å²) in [5.74, 6) is 0.697. The summed E-state index contributed by atoms with van der Waals surface area (Å²) < 4.78 is 4.43. The Morgan fingerprint density at radius 1 is 1.60 bits per heavy atom. The van der Waals surface area contributed by atoms with E-state index in [0.29, 0.717) is 12.5 Å². The van der Waals surface area contributed by atoms with Gasteiger partial charge in [-0.05, 0) is 40.8 Å². The molecule has 106 valence electrons. The first-order chi connectivity index (χ1) is 9.70. The molecule has 1 fully saturated rings. The number of halogens is 1. The number of thiophene rings is 1. The molecule has 2 heterocycles. The van der Waals surface area contributed by atoms with Crippen molar-refractivity contribution in [3.63, 3.8) is 0 Å². The summed E-state index contributed by atoms with van der Waals surface area (Å²) in [5.41, 5.74) is 1.92. The molecule has 0 spiro atoms. The highest BCUT2D eigenvalue weighted by Gasteiger charge is 2.23. The van der Waals surface area contributed by atoms with E-state index < -0.39 is 0 Å². The van der Waals surface area contributed by atoms with E-state index in [1.807, 2.05) is 6.07 Å². The zero-order valence-corrected chi connectivity index (χ0v) is 13.6. The standard InChI is InChI=1S/C15H17BrN2OS/c1-2-6-17-15(19)12-7-13-14(11(16)9-20-13)18(12)8-10-4-3-5-10/h2,7,9-10H,1,3-6,8H2,(H,17,19). The van der Waals surface area contributed by atoms with E-state index in [-0.39, 0.29) is 5.91 Å². The first-order valence-corrected chi connectivity index (χ1v) is 8.53. The minimum absolute atomic E-state index is 0.0143. The normalized spacial score (nSPS) is 15.2. The molecule has 1 aliphatic rings. The molecule has 2 aromatic heterocycles. The minimum atomic E-state index is -0.0143. The third-order valence-corrected chi connectivity index (χ3v) is 5.71. The van der Waals surface area contributed by atoms with Gasteiger partial charge in [-0.1, -0.05) is 12.5 Å². The van der Waals surface area contributed by atoms with Gasteiger partial charge in [-0.2, -0.15) is 0 Å². The molecule has 3 nitrogen and oxygen atoms in total. The summed E-state index contributed by atoms with van der Waals surface area (Å²) in [5, 5.41) is 4.97. The molecular formula is C15H17BrN2OS. The summed E-state index contributed by atoms with van der Waals surface area (Å²) >= 11 is 5.28. The smallest absolute Gasteiger partial charge is 0.268 e. The summed E-state index contributed by atoms with van der Waals surface area (Å²) in [6.45, 7) is 5.08. The van der Waals surface area contributed by atoms with Crippen molar-refractivity contribution in [2.24, 2.45) is 5.92 Å². The molecule has 1 N–H and O–H groups in total. The maximum Gasteiger partial charge on any atom is 0.268 e. The van der Waals surface area contributed by atoms with Crippen molar-refractivity contribution in [1.82, 2.24) is 9.88 Å². The second-order valence-electron chi connectivity index (χ2n) is 5.23. The lowest BCUT2D eigenvalue weighted by Crippen LogP contribution is -2.28. The zero-order chi connectivity index (χ0) is 14.1. The SMILES string of the molecule is C=CCNC(=O)c1cc2scc(Br)c2n1CC1CCC1. The lowest BCUT2D eigenvalue weighted by molar-refractivity contribution is 0.0947. The van der Waals surface area contributed by atoms with Crippen molar-refractivity contribution < 1.29 is 4.79 Å². The fourth-order valence-corrected chi connectivity index (χ4v) is 4.29. The minimum Gasteiger partial charge on any atom is -0.347 e. The summed E-state index contributed by atoms with van der Waals surface area (Å²) in [6, 6.07) is 2.00. The zero-order valence-electron chi connectivity index (χ0n) is 11.2. The molecule has 0 aromatic carbocycles. The molecule has 2 aromatic rings. The van der Waals surface area contributed by atoms with Gasteiger partial charge in [0, 0.05) is 18.5 Å². The Morgan fingerprint density at radius 3 is 3.05 bits per heavy atom. The Balaban J connectivity index is 1.98. The number of carbonyl (C=O) groups is 1. The number of hydrogen-bond donors (Lipinski definition) is 1. The number of rotatable bonds is 5. The summed E-state index contributed by atoms with van der Waals surface area (Å²) in [7, 11) is 0. The first-order valence-electron chi connectivity index (χ1n) is 6.86. The topological polar surface area (TPSA) is 34.0 Å². The Labute approximate surface area is 130 Å². The second kappa shape index (κ2) is 5.74. The molecule has 0 radical (unpaired) electrons. The molecule has 1 saturated carbocycles. The monoisotopic (exact) mass is 352 g/mol. The first kappa shape index (κ1) is 13.9. The van der Waals surface area contributed by atoms with Crippen molar-refractivity contribution >= 4 is 43.4 Å². The van der Waals surface area contributed by atoms with Gasteiger partial charge in [-0.15, -0.1) is 17.9 Å².